The third-order valence-corrected chi connectivity index (χ3v) is 4.36. The zero-order chi connectivity index (χ0) is 12.3. The predicted molar refractivity (Wildman–Crippen MR) is 73.2 cm³/mol. The first-order valence-electron chi connectivity index (χ1n) is 5.19. The molecule has 4 heteroatoms. The summed E-state index contributed by atoms with van der Waals surface area (Å²) in [6.07, 6.45) is 1.76. The van der Waals surface area contributed by atoms with Crippen molar-refractivity contribution in [1.82, 2.24) is 4.98 Å². The molecule has 0 aliphatic rings. The van der Waals surface area contributed by atoms with Gasteiger partial charge >= 0.3 is 0 Å². The maximum Gasteiger partial charge on any atom is 0.115 e. The van der Waals surface area contributed by atoms with Gasteiger partial charge in [-0.2, -0.15) is 0 Å². The zero-order valence-electron chi connectivity index (χ0n) is 9.35. The number of rotatable bonds is 3. The van der Waals surface area contributed by atoms with Crippen molar-refractivity contribution in [1.29, 1.82) is 0 Å². The van der Waals surface area contributed by atoms with Crippen molar-refractivity contribution in [2.75, 3.05) is 0 Å². The molecule has 17 heavy (non-hydrogen) atoms. The lowest BCUT2D eigenvalue weighted by Gasteiger charge is -2.08. The van der Waals surface area contributed by atoms with Crippen LogP contribution >= 0.6 is 27.7 Å². The first-order chi connectivity index (χ1) is 8.20. The molecular formula is C13H12BrNOS. The van der Waals surface area contributed by atoms with E-state index in [9.17, 15) is 5.11 Å². The minimum Gasteiger partial charge on any atom is -0.392 e. The highest BCUT2D eigenvalue weighted by molar-refractivity contribution is 9.10. The lowest BCUT2D eigenvalue weighted by atomic mass is 10.1. The number of aliphatic hydroxyl groups is 1. The normalized spacial score (nSPS) is 10.5. The van der Waals surface area contributed by atoms with Crippen molar-refractivity contribution in [2.24, 2.45) is 0 Å². The number of hydrogen-bond donors (Lipinski definition) is 1. The van der Waals surface area contributed by atoms with E-state index in [-0.39, 0.29) is 6.61 Å². The van der Waals surface area contributed by atoms with Gasteiger partial charge in [0, 0.05) is 11.1 Å². The molecule has 0 aliphatic heterocycles. The van der Waals surface area contributed by atoms with Crippen LogP contribution in [0.4, 0.5) is 0 Å². The van der Waals surface area contributed by atoms with Crippen LogP contribution in [0.25, 0.3) is 0 Å². The maximum atomic E-state index is 9.34. The van der Waals surface area contributed by atoms with Crippen LogP contribution in [0.1, 0.15) is 11.1 Å². The topological polar surface area (TPSA) is 33.1 Å². The van der Waals surface area contributed by atoms with Gasteiger partial charge in [0.15, 0.2) is 0 Å². The highest BCUT2D eigenvalue weighted by Crippen LogP contribution is 2.33. The first-order valence-corrected chi connectivity index (χ1v) is 6.80. The minimum atomic E-state index is 0.0501. The highest BCUT2D eigenvalue weighted by Gasteiger charge is 2.07. The van der Waals surface area contributed by atoms with Gasteiger partial charge < -0.3 is 5.11 Å². The average molecular weight is 310 g/mol. The summed E-state index contributed by atoms with van der Waals surface area (Å²) in [6.45, 7) is 2.07. The molecular weight excluding hydrogens is 298 g/mol. The molecule has 2 aromatic rings. The number of benzene rings is 1. The lowest BCUT2D eigenvalue weighted by Crippen LogP contribution is -1.90. The highest BCUT2D eigenvalue weighted by atomic mass is 79.9. The van der Waals surface area contributed by atoms with E-state index in [0.29, 0.717) is 0 Å². The monoisotopic (exact) mass is 309 g/mol. The van der Waals surface area contributed by atoms with Crippen molar-refractivity contribution in [3.63, 3.8) is 0 Å². The van der Waals surface area contributed by atoms with E-state index in [2.05, 4.69) is 20.9 Å². The van der Waals surface area contributed by atoms with Gasteiger partial charge in [-0.05, 0) is 46.6 Å². The summed E-state index contributed by atoms with van der Waals surface area (Å²) in [5.41, 5.74) is 2.09. The Hall–Kier alpha value is -0.840. The van der Waals surface area contributed by atoms with Crippen molar-refractivity contribution in [3.05, 3.63) is 52.1 Å². The molecule has 0 aliphatic carbocycles. The summed E-state index contributed by atoms with van der Waals surface area (Å²) in [5.74, 6) is 0. The van der Waals surface area contributed by atoms with E-state index >= 15 is 0 Å². The Morgan fingerprint density at radius 2 is 2.18 bits per heavy atom. The van der Waals surface area contributed by atoms with Gasteiger partial charge in [0.05, 0.1) is 11.1 Å². The summed E-state index contributed by atoms with van der Waals surface area (Å²) in [6, 6.07) is 9.91. The number of aliphatic hydroxyl groups excluding tert-OH is 1. The smallest absolute Gasteiger partial charge is 0.115 e. The van der Waals surface area contributed by atoms with Gasteiger partial charge in [-0.1, -0.05) is 29.5 Å². The molecule has 0 saturated heterocycles. The molecule has 2 rings (SSSR count). The van der Waals surface area contributed by atoms with Crippen LogP contribution in [0.3, 0.4) is 0 Å². The van der Waals surface area contributed by atoms with E-state index in [1.54, 1.807) is 18.0 Å². The maximum absolute atomic E-state index is 9.34. The fourth-order valence-corrected chi connectivity index (χ4v) is 2.86. The Morgan fingerprint density at radius 1 is 1.35 bits per heavy atom. The lowest BCUT2D eigenvalue weighted by molar-refractivity contribution is 0.279. The SMILES string of the molecule is Cc1ccc(Sc2ncccc2Br)c(CO)c1. The van der Waals surface area contributed by atoms with Gasteiger partial charge in [0.2, 0.25) is 0 Å². The second-order valence-corrected chi connectivity index (χ2v) is 5.55. The Kier molecular flexibility index (Phi) is 4.20. The molecule has 0 radical (unpaired) electrons. The van der Waals surface area contributed by atoms with Crippen molar-refractivity contribution in [3.8, 4) is 0 Å². The standard InChI is InChI=1S/C13H12BrNOS/c1-9-4-5-12(10(7-9)8-16)17-13-11(14)3-2-6-15-13/h2-7,16H,8H2,1H3. The quantitative estimate of drug-likeness (QED) is 0.936. The number of nitrogens with zero attached hydrogens (tertiary/aromatic N) is 1. The molecule has 1 aromatic heterocycles. The van der Waals surface area contributed by atoms with Crippen LogP contribution in [0.15, 0.2) is 50.9 Å². The molecule has 0 amide bonds. The van der Waals surface area contributed by atoms with E-state index < -0.39 is 0 Å². The molecule has 1 N–H and O–H groups in total. The summed E-state index contributed by atoms with van der Waals surface area (Å²) in [7, 11) is 0. The Bertz CT molecular complexity index is 531. The molecule has 1 heterocycles. The number of aromatic nitrogens is 1. The minimum absolute atomic E-state index is 0.0501. The zero-order valence-corrected chi connectivity index (χ0v) is 11.8. The summed E-state index contributed by atoms with van der Waals surface area (Å²) < 4.78 is 0.967. The van der Waals surface area contributed by atoms with Crippen LogP contribution in [-0.4, -0.2) is 10.1 Å². The average Bonchev–Trinajstić information content (AvgIpc) is 2.34. The Morgan fingerprint density at radius 3 is 2.88 bits per heavy atom. The summed E-state index contributed by atoms with van der Waals surface area (Å²) in [5, 5.41) is 10.3. The van der Waals surface area contributed by atoms with E-state index in [1.165, 1.54) is 0 Å². The molecule has 0 fully saturated rings. The molecule has 1 aromatic carbocycles. The van der Waals surface area contributed by atoms with Crippen LogP contribution in [0.5, 0.6) is 0 Å². The van der Waals surface area contributed by atoms with E-state index in [0.717, 1.165) is 25.5 Å². The van der Waals surface area contributed by atoms with Gasteiger partial charge in [-0.3, -0.25) is 0 Å². The Balaban J connectivity index is 2.33. The molecule has 0 spiro atoms. The van der Waals surface area contributed by atoms with Gasteiger partial charge in [-0.15, -0.1) is 0 Å². The molecule has 0 atom stereocenters. The largest absolute Gasteiger partial charge is 0.392 e. The second-order valence-electron chi connectivity index (χ2n) is 3.66. The fraction of sp³-hybridized carbons (Fsp3) is 0.154. The fourth-order valence-electron chi connectivity index (χ4n) is 1.48. The number of halogens is 1. The van der Waals surface area contributed by atoms with Gasteiger partial charge in [0.25, 0.3) is 0 Å². The van der Waals surface area contributed by atoms with Crippen molar-refractivity contribution in [2.45, 2.75) is 23.5 Å². The van der Waals surface area contributed by atoms with E-state index in [4.69, 9.17) is 0 Å². The number of pyridine rings is 1. The first kappa shape index (κ1) is 12.6. The van der Waals surface area contributed by atoms with Crippen LogP contribution in [0, 0.1) is 6.92 Å². The van der Waals surface area contributed by atoms with Crippen molar-refractivity contribution >= 4 is 27.7 Å². The van der Waals surface area contributed by atoms with Crippen molar-refractivity contribution < 1.29 is 5.11 Å². The molecule has 0 saturated carbocycles. The number of aryl methyl sites for hydroxylation is 1. The number of hydrogen-bond acceptors (Lipinski definition) is 3. The van der Waals surface area contributed by atoms with Gasteiger partial charge in [-0.25, -0.2) is 4.98 Å². The molecule has 2 nitrogen and oxygen atoms in total. The third-order valence-electron chi connectivity index (χ3n) is 2.32. The second kappa shape index (κ2) is 5.67. The van der Waals surface area contributed by atoms with E-state index in [1.807, 2.05) is 37.3 Å². The van der Waals surface area contributed by atoms with Gasteiger partial charge in [0.1, 0.15) is 5.03 Å². The van der Waals surface area contributed by atoms with Crippen LogP contribution in [0.2, 0.25) is 0 Å². The Labute approximate surface area is 113 Å². The summed E-state index contributed by atoms with van der Waals surface area (Å²) in [4.78, 5) is 5.35. The molecule has 0 unspecified atom stereocenters. The van der Waals surface area contributed by atoms with Crippen LogP contribution < -0.4 is 0 Å². The predicted octanol–water partition coefficient (Wildman–Crippen LogP) is 3.80. The molecule has 0 bridgehead atoms. The summed E-state index contributed by atoms with van der Waals surface area (Å²) >= 11 is 5.02. The molecule has 88 valence electrons. The van der Waals surface area contributed by atoms with Crippen LogP contribution in [-0.2, 0) is 6.61 Å². The third kappa shape index (κ3) is 3.09.